The Kier molecular flexibility index (Phi) is 6.89. The van der Waals surface area contributed by atoms with E-state index in [0.29, 0.717) is 5.69 Å². The first-order valence-electron chi connectivity index (χ1n) is 12.5. The lowest BCUT2D eigenvalue weighted by Gasteiger charge is -2.56. The number of nitrogens with one attached hydrogen (secondary N) is 1. The second-order valence-corrected chi connectivity index (χ2v) is 10.7. The van der Waals surface area contributed by atoms with Crippen molar-refractivity contribution in [3.8, 4) is 0 Å². The van der Waals surface area contributed by atoms with E-state index in [0.717, 1.165) is 51.6 Å². The molecule has 1 aliphatic heterocycles. The lowest BCUT2D eigenvalue weighted by Crippen LogP contribution is -2.58. The molecule has 6 heteroatoms. The summed E-state index contributed by atoms with van der Waals surface area (Å²) in [4.78, 5) is 32.1. The number of aliphatic hydroxyl groups is 1. The van der Waals surface area contributed by atoms with Crippen LogP contribution in [0, 0.1) is 29.1 Å². The van der Waals surface area contributed by atoms with Gasteiger partial charge in [-0.3, -0.25) is 14.6 Å². The first-order chi connectivity index (χ1) is 15.3. The number of hydrogen-bond acceptors (Lipinski definition) is 4. The molecular weight excluding hydrogens is 402 g/mol. The van der Waals surface area contributed by atoms with Gasteiger partial charge in [0, 0.05) is 31.2 Å². The van der Waals surface area contributed by atoms with Gasteiger partial charge in [-0.25, -0.2) is 0 Å². The quantitative estimate of drug-likeness (QED) is 0.747. The molecule has 1 aromatic rings. The average Bonchev–Trinajstić information content (AvgIpc) is 2.81. The fourth-order valence-electron chi connectivity index (χ4n) is 6.82. The molecule has 2 heterocycles. The summed E-state index contributed by atoms with van der Waals surface area (Å²) in [6, 6.07) is 5.35. The summed E-state index contributed by atoms with van der Waals surface area (Å²) in [5.41, 5.74) is 0.478. The number of pyridine rings is 1. The van der Waals surface area contributed by atoms with Gasteiger partial charge in [0.2, 0.25) is 5.91 Å². The highest BCUT2D eigenvalue weighted by molar-refractivity contribution is 5.92. The molecule has 4 rings (SSSR count). The lowest BCUT2D eigenvalue weighted by molar-refractivity contribution is -0.150. The molecule has 3 aliphatic rings. The van der Waals surface area contributed by atoms with Gasteiger partial charge in [0.15, 0.2) is 0 Å². The molecule has 0 unspecified atom stereocenters. The van der Waals surface area contributed by atoms with Crippen LogP contribution in [-0.4, -0.2) is 52.0 Å². The third-order valence-corrected chi connectivity index (χ3v) is 8.80. The number of fused-ring (bicyclic) bond motifs is 1. The van der Waals surface area contributed by atoms with Crippen molar-refractivity contribution in [1.82, 2.24) is 15.2 Å². The minimum absolute atomic E-state index is 0.00378. The molecule has 2 amide bonds. The van der Waals surface area contributed by atoms with Gasteiger partial charge in [0.25, 0.3) is 5.91 Å². The summed E-state index contributed by atoms with van der Waals surface area (Å²) in [7, 11) is 0. The van der Waals surface area contributed by atoms with E-state index in [1.807, 2.05) is 17.9 Å². The Hall–Kier alpha value is -1.95. The number of amides is 2. The highest BCUT2D eigenvalue weighted by Crippen LogP contribution is 2.55. The molecule has 0 spiro atoms. The third kappa shape index (κ3) is 4.43. The van der Waals surface area contributed by atoms with Gasteiger partial charge >= 0.3 is 0 Å². The Morgan fingerprint density at radius 1 is 1.19 bits per heavy atom. The Bertz CT molecular complexity index is 810. The number of hydrogen-bond donors (Lipinski definition) is 2. The molecule has 176 valence electrons. The van der Waals surface area contributed by atoms with E-state index in [1.165, 1.54) is 6.42 Å². The molecule has 6 nitrogen and oxygen atoms in total. The molecule has 2 N–H and O–H groups in total. The van der Waals surface area contributed by atoms with Crippen LogP contribution in [0.2, 0.25) is 0 Å². The van der Waals surface area contributed by atoms with Crippen molar-refractivity contribution >= 4 is 11.8 Å². The van der Waals surface area contributed by atoms with Crippen LogP contribution in [0.15, 0.2) is 24.4 Å². The summed E-state index contributed by atoms with van der Waals surface area (Å²) in [6.07, 6.45) is 8.29. The van der Waals surface area contributed by atoms with Crippen molar-refractivity contribution in [1.29, 1.82) is 0 Å². The van der Waals surface area contributed by atoms with Gasteiger partial charge in [0.1, 0.15) is 5.69 Å². The monoisotopic (exact) mass is 441 g/mol. The first kappa shape index (κ1) is 23.2. The summed E-state index contributed by atoms with van der Waals surface area (Å²) < 4.78 is 0. The molecule has 2 saturated carbocycles. The number of carbonyl (C=O) groups excluding carboxylic acids is 2. The van der Waals surface area contributed by atoms with E-state index in [4.69, 9.17) is 0 Å². The van der Waals surface area contributed by atoms with E-state index in [2.05, 4.69) is 24.1 Å². The van der Waals surface area contributed by atoms with E-state index < -0.39 is 6.10 Å². The Labute approximate surface area is 192 Å². The zero-order valence-corrected chi connectivity index (χ0v) is 19.8. The number of nitrogens with zero attached hydrogens (tertiary/aromatic N) is 2. The number of aliphatic hydroxyl groups excluding tert-OH is 1. The largest absolute Gasteiger partial charge is 0.392 e. The van der Waals surface area contributed by atoms with Crippen molar-refractivity contribution in [3.05, 3.63) is 30.1 Å². The van der Waals surface area contributed by atoms with Gasteiger partial charge in [-0.15, -0.1) is 0 Å². The lowest BCUT2D eigenvalue weighted by atomic mass is 9.51. The molecule has 2 aliphatic carbocycles. The van der Waals surface area contributed by atoms with Crippen LogP contribution in [-0.2, 0) is 4.79 Å². The Morgan fingerprint density at radius 2 is 1.91 bits per heavy atom. The van der Waals surface area contributed by atoms with Crippen LogP contribution in [0.1, 0.15) is 76.2 Å². The summed E-state index contributed by atoms with van der Waals surface area (Å²) in [5, 5.41) is 14.8. The number of likely N-dealkylation sites (tertiary alicyclic amines) is 1. The van der Waals surface area contributed by atoms with E-state index in [9.17, 15) is 14.7 Å². The van der Waals surface area contributed by atoms with Crippen molar-refractivity contribution < 1.29 is 14.7 Å². The molecular formula is C26H39N3O3. The molecule has 3 fully saturated rings. The number of piperidine rings is 1. The minimum Gasteiger partial charge on any atom is -0.392 e. The predicted octanol–water partition coefficient (Wildman–Crippen LogP) is 3.65. The number of aromatic nitrogens is 1. The van der Waals surface area contributed by atoms with E-state index >= 15 is 0 Å². The SMILES string of the molecule is C[C@H]1[C@@H]2[C@@H](O)[C@H]([C@H](C)C(=O)N3CCCCC3)CC[C@@]2(C)CC[C@@H]1NC(=O)c1ccccn1. The van der Waals surface area contributed by atoms with Crippen molar-refractivity contribution in [3.63, 3.8) is 0 Å². The number of rotatable bonds is 4. The fraction of sp³-hybridized carbons (Fsp3) is 0.731. The highest BCUT2D eigenvalue weighted by atomic mass is 16.3. The molecule has 1 aromatic heterocycles. The molecule has 7 atom stereocenters. The van der Waals surface area contributed by atoms with Crippen LogP contribution < -0.4 is 5.32 Å². The van der Waals surface area contributed by atoms with Crippen LogP contribution >= 0.6 is 0 Å². The number of carbonyl (C=O) groups is 2. The maximum Gasteiger partial charge on any atom is 0.270 e. The van der Waals surface area contributed by atoms with Gasteiger partial charge in [0.05, 0.1) is 6.10 Å². The smallest absolute Gasteiger partial charge is 0.270 e. The maximum atomic E-state index is 13.2. The Morgan fingerprint density at radius 3 is 2.59 bits per heavy atom. The first-order valence-corrected chi connectivity index (χ1v) is 12.5. The second-order valence-electron chi connectivity index (χ2n) is 10.7. The standard InChI is InChI=1S/C26H39N3O3/c1-17(25(32)29-15-7-4-8-16-29)19-10-12-26(3)13-11-20(18(2)22(26)23(19)30)28-24(31)21-9-5-6-14-27-21/h5-6,9,14,17-20,22-23,30H,4,7-8,10-13,15-16H2,1-3H3,(H,28,31)/t17-,18+,19-,20-,22+,23-,26-/m0/s1. The van der Waals surface area contributed by atoms with Gasteiger partial charge in [-0.2, -0.15) is 0 Å². The molecule has 1 saturated heterocycles. The van der Waals surface area contributed by atoms with Gasteiger partial charge < -0.3 is 15.3 Å². The normalized spacial score (nSPS) is 36.1. The average molecular weight is 442 g/mol. The summed E-state index contributed by atoms with van der Waals surface area (Å²) in [6.45, 7) is 8.17. The highest BCUT2D eigenvalue weighted by Gasteiger charge is 2.54. The zero-order chi connectivity index (χ0) is 22.9. The molecule has 0 bridgehead atoms. The second kappa shape index (κ2) is 9.50. The van der Waals surface area contributed by atoms with Crippen LogP contribution in [0.5, 0.6) is 0 Å². The van der Waals surface area contributed by atoms with E-state index in [-0.39, 0.29) is 46.9 Å². The predicted molar refractivity (Wildman–Crippen MR) is 124 cm³/mol. The van der Waals surface area contributed by atoms with Crippen molar-refractivity contribution in [2.24, 2.45) is 29.1 Å². The Balaban J connectivity index is 1.47. The van der Waals surface area contributed by atoms with Crippen LogP contribution in [0.25, 0.3) is 0 Å². The topological polar surface area (TPSA) is 82.5 Å². The summed E-state index contributed by atoms with van der Waals surface area (Å²) >= 11 is 0. The third-order valence-electron chi connectivity index (χ3n) is 8.80. The fourth-order valence-corrected chi connectivity index (χ4v) is 6.82. The molecule has 32 heavy (non-hydrogen) atoms. The van der Waals surface area contributed by atoms with Crippen LogP contribution in [0.4, 0.5) is 0 Å². The van der Waals surface area contributed by atoms with Gasteiger partial charge in [-0.1, -0.05) is 26.8 Å². The molecule has 0 radical (unpaired) electrons. The minimum atomic E-state index is -0.526. The zero-order valence-electron chi connectivity index (χ0n) is 19.8. The molecule has 0 aromatic carbocycles. The van der Waals surface area contributed by atoms with Crippen molar-refractivity contribution in [2.45, 2.75) is 77.9 Å². The maximum absolute atomic E-state index is 13.2. The summed E-state index contributed by atoms with van der Waals surface area (Å²) in [5.74, 6) is 0.0815. The van der Waals surface area contributed by atoms with Crippen molar-refractivity contribution in [2.75, 3.05) is 13.1 Å². The van der Waals surface area contributed by atoms with Crippen LogP contribution in [0.3, 0.4) is 0 Å². The van der Waals surface area contributed by atoms with E-state index in [1.54, 1.807) is 18.3 Å². The van der Waals surface area contributed by atoms with Gasteiger partial charge in [-0.05, 0) is 80.2 Å².